The molecule has 1 aromatic rings. The van der Waals surface area contributed by atoms with Crippen LogP contribution in [0.15, 0.2) is 12.1 Å². The van der Waals surface area contributed by atoms with Crippen molar-refractivity contribution >= 4 is 5.97 Å². The van der Waals surface area contributed by atoms with Gasteiger partial charge < -0.3 is 15.6 Å². The third kappa shape index (κ3) is 2.70. The topological polar surface area (TPSA) is 72.5 Å². The maximum absolute atomic E-state index is 13.4. The molecule has 0 aromatic heterocycles. The van der Waals surface area contributed by atoms with Crippen LogP contribution in [0.5, 0.6) is 5.75 Å². The Labute approximate surface area is 92.8 Å². The Bertz CT molecular complexity index is 383. The lowest BCUT2D eigenvalue weighted by Crippen LogP contribution is -2.32. The number of carboxylic acids is 1. The highest BCUT2D eigenvalue weighted by molar-refractivity contribution is 5.73. The summed E-state index contributed by atoms with van der Waals surface area (Å²) in [5, 5.41) is 8.64. The number of ether oxygens (including phenoxy) is 1. The van der Waals surface area contributed by atoms with Crippen molar-refractivity contribution < 1.29 is 19.0 Å². The highest BCUT2D eigenvalue weighted by atomic mass is 19.1. The predicted octanol–water partition coefficient (Wildman–Crippen LogP) is 1.10. The number of hydrogen-bond donors (Lipinski definition) is 2. The zero-order valence-corrected chi connectivity index (χ0v) is 9.16. The van der Waals surface area contributed by atoms with Crippen LogP contribution in [0.2, 0.25) is 0 Å². The third-order valence-electron chi connectivity index (χ3n) is 2.27. The summed E-state index contributed by atoms with van der Waals surface area (Å²) in [6.45, 7) is 1.69. The summed E-state index contributed by atoms with van der Waals surface area (Å²) in [5.41, 5.74) is 6.53. The molecule has 3 N–H and O–H groups in total. The number of halogens is 1. The molecule has 0 fully saturated rings. The number of aryl methyl sites for hydroxylation is 1. The Morgan fingerprint density at radius 2 is 2.25 bits per heavy atom. The smallest absolute Gasteiger partial charge is 0.320 e. The fourth-order valence-electron chi connectivity index (χ4n) is 1.52. The molecule has 0 heterocycles. The van der Waals surface area contributed by atoms with Crippen molar-refractivity contribution in [3.8, 4) is 5.75 Å². The van der Waals surface area contributed by atoms with Crippen LogP contribution in [0.25, 0.3) is 0 Å². The van der Waals surface area contributed by atoms with E-state index in [-0.39, 0.29) is 12.2 Å². The molecule has 1 unspecified atom stereocenters. The zero-order chi connectivity index (χ0) is 12.3. The second kappa shape index (κ2) is 4.94. The van der Waals surface area contributed by atoms with Gasteiger partial charge in [-0.15, -0.1) is 0 Å². The van der Waals surface area contributed by atoms with Gasteiger partial charge in [-0.05, 0) is 30.5 Å². The van der Waals surface area contributed by atoms with Gasteiger partial charge in [-0.1, -0.05) is 6.07 Å². The van der Waals surface area contributed by atoms with Gasteiger partial charge in [0.25, 0.3) is 0 Å². The number of aliphatic carboxylic acids is 1. The first-order chi connectivity index (χ1) is 7.45. The summed E-state index contributed by atoms with van der Waals surface area (Å²) in [4.78, 5) is 10.6. The van der Waals surface area contributed by atoms with Gasteiger partial charge in [0, 0.05) is 0 Å². The van der Waals surface area contributed by atoms with Crippen molar-refractivity contribution in [1.29, 1.82) is 0 Å². The molecule has 88 valence electrons. The van der Waals surface area contributed by atoms with Crippen molar-refractivity contribution in [3.05, 3.63) is 29.1 Å². The Kier molecular flexibility index (Phi) is 3.84. The predicted molar refractivity (Wildman–Crippen MR) is 57.0 cm³/mol. The molecule has 0 aliphatic carbocycles. The fourth-order valence-corrected chi connectivity index (χ4v) is 1.52. The maximum atomic E-state index is 13.4. The number of methoxy groups -OCH3 is 1. The summed E-state index contributed by atoms with van der Waals surface area (Å²) in [7, 11) is 1.38. The van der Waals surface area contributed by atoms with Gasteiger partial charge in [-0.2, -0.15) is 0 Å². The van der Waals surface area contributed by atoms with Crippen molar-refractivity contribution in [2.45, 2.75) is 19.4 Å². The van der Waals surface area contributed by atoms with Crippen molar-refractivity contribution in [3.63, 3.8) is 0 Å². The van der Waals surface area contributed by atoms with Crippen molar-refractivity contribution in [1.82, 2.24) is 0 Å². The molecule has 1 aromatic carbocycles. The van der Waals surface area contributed by atoms with Gasteiger partial charge in [-0.3, -0.25) is 4.79 Å². The molecule has 0 aliphatic heterocycles. The van der Waals surface area contributed by atoms with Crippen LogP contribution in [0.1, 0.15) is 11.1 Å². The van der Waals surface area contributed by atoms with Crippen LogP contribution >= 0.6 is 0 Å². The SMILES string of the molecule is COc1c(C)cc(CC(N)C(=O)O)cc1F. The van der Waals surface area contributed by atoms with E-state index in [0.29, 0.717) is 11.1 Å². The second-order valence-electron chi connectivity index (χ2n) is 3.58. The van der Waals surface area contributed by atoms with E-state index in [1.54, 1.807) is 13.0 Å². The normalized spacial score (nSPS) is 12.2. The van der Waals surface area contributed by atoms with E-state index < -0.39 is 17.8 Å². The second-order valence-corrected chi connectivity index (χ2v) is 3.58. The zero-order valence-electron chi connectivity index (χ0n) is 9.16. The van der Waals surface area contributed by atoms with Crippen LogP contribution in [0, 0.1) is 12.7 Å². The van der Waals surface area contributed by atoms with Crippen LogP contribution in [0.3, 0.4) is 0 Å². The quantitative estimate of drug-likeness (QED) is 0.807. The Morgan fingerprint density at radius 3 is 2.69 bits per heavy atom. The number of nitrogens with two attached hydrogens (primary N) is 1. The Morgan fingerprint density at radius 1 is 1.62 bits per heavy atom. The number of hydrogen-bond acceptors (Lipinski definition) is 3. The Balaban J connectivity index is 2.96. The van der Waals surface area contributed by atoms with Crippen molar-refractivity contribution in [2.24, 2.45) is 5.73 Å². The number of carbonyl (C=O) groups is 1. The van der Waals surface area contributed by atoms with Crippen LogP contribution in [-0.2, 0) is 11.2 Å². The summed E-state index contributed by atoms with van der Waals surface area (Å²) in [6, 6.07) is 1.89. The van der Waals surface area contributed by atoms with E-state index >= 15 is 0 Å². The average molecular weight is 227 g/mol. The molecular formula is C11H14FNO3. The van der Waals surface area contributed by atoms with Gasteiger partial charge in [0.15, 0.2) is 11.6 Å². The highest BCUT2D eigenvalue weighted by Crippen LogP contribution is 2.23. The minimum Gasteiger partial charge on any atom is -0.493 e. The summed E-state index contributed by atoms with van der Waals surface area (Å²) < 4.78 is 18.3. The lowest BCUT2D eigenvalue weighted by atomic mass is 10.0. The third-order valence-corrected chi connectivity index (χ3v) is 2.27. The van der Waals surface area contributed by atoms with E-state index in [1.807, 2.05) is 0 Å². The van der Waals surface area contributed by atoms with Gasteiger partial charge in [-0.25, -0.2) is 4.39 Å². The van der Waals surface area contributed by atoms with E-state index in [2.05, 4.69) is 0 Å². The molecule has 0 aliphatic rings. The number of benzene rings is 1. The molecule has 0 saturated carbocycles. The molecule has 0 spiro atoms. The summed E-state index contributed by atoms with van der Waals surface area (Å²) in [5.74, 6) is -1.43. The monoisotopic (exact) mass is 227 g/mol. The van der Waals surface area contributed by atoms with E-state index in [9.17, 15) is 9.18 Å². The van der Waals surface area contributed by atoms with Gasteiger partial charge in [0.2, 0.25) is 0 Å². The fraction of sp³-hybridized carbons (Fsp3) is 0.364. The minimum atomic E-state index is -1.10. The largest absolute Gasteiger partial charge is 0.493 e. The Hall–Kier alpha value is -1.62. The molecule has 0 saturated heterocycles. The van der Waals surface area contributed by atoms with Gasteiger partial charge >= 0.3 is 5.97 Å². The first-order valence-electron chi connectivity index (χ1n) is 4.77. The van der Waals surface area contributed by atoms with E-state index in [0.717, 1.165) is 0 Å². The molecule has 1 atom stereocenters. The van der Waals surface area contributed by atoms with E-state index in [1.165, 1.54) is 13.2 Å². The van der Waals surface area contributed by atoms with Crippen molar-refractivity contribution in [2.75, 3.05) is 7.11 Å². The summed E-state index contributed by atoms with van der Waals surface area (Å²) >= 11 is 0. The van der Waals surface area contributed by atoms with Crippen LogP contribution in [-0.4, -0.2) is 24.2 Å². The minimum absolute atomic E-state index is 0.0943. The number of rotatable bonds is 4. The standard InChI is InChI=1S/C11H14FNO3/c1-6-3-7(5-9(13)11(14)15)4-8(12)10(6)16-2/h3-4,9H,5,13H2,1-2H3,(H,14,15). The first kappa shape index (κ1) is 12.4. The van der Waals surface area contributed by atoms with Crippen LogP contribution < -0.4 is 10.5 Å². The maximum Gasteiger partial charge on any atom is 0.320 e. The van der Waals surface area contributed by atoms with Crippen LogP contribution in [0.4, 0.5) is 4.39 Å². The lowest BCUT2D eigenvalue weighted by molar-refractivity contribution is -0.138. The first-order valence-corrected chi connectivity index (χ1v) is 4.77. The molecule has 0 amide bonds. The molecular weight excluding hydrogens is 213 g/mol. The highest BCUT2D eigenvalue weighted by Gasteiger charge is 2.15. The molecule has 0 radical (unpaired) electrons. The van der Waals surface area contributed by atoms with Gasteiger partial charge in [0.05, 0.1) is 7.11 Å². The lowest BCUT2D eigenvalue weighted by Gasteiger charge is -2.10. The average Bonchev–Trinajstić information content (AvgIpc) is 2.16. The number of carboxylic acid groups (broad SMARTS) is 1. The van der Waals surface area contributed by atoms with Gasteiger partial charge in [0.1, 0.15) is 6.04 Å². The van der Waals surface area contributed by atoms with E-state index in [4.69, 9.17) is 15.6 Å². The molecule has 4 nitrogen and oxygen atoms in total. The molecule has 5 heteroatoms. The molecule has 0 bridgehead atoms. The molecule has 16 heavy (non-hydrogen) atoms. The molecule has 1 rings (SSSR count). The summed E-state index contributed by atoms with van der Waals surface area (Å²) in [6.07, 6.45) is 0.0943.